The number of rotatable bonds is 3. The normalized spacial score (nSPS) is 24.9. The number of hydrogen-bond donors (Lipinski definition) is 0. The molecule has 3 heteroatoms. The highest BCUT2D eigenvalue weighted by molar-refractivity contribution is 6.10. The summed E-state index contributed by atoms with van der Waals surface area (Å²) in [7, 11) is 0. The van der Waals surface area contributed by atoms with Crippen molar-refractivity contribution in [2.75, 3.05) is 0 Å². The van der Waals surface area contributed by atoms with Gasteiger partial charge >= 0.3 is 0 Å². The second kappa shape index (κ2) is 8.35. The summed E-state index contributed by atoms with van der Waals surface area (Å²) in [5.41, 5.74) is 8.02. The lowest BCUT2D eigenvalue weighted by molar-refractivity contribution is -0.00513. The lowest BCUT2D eigenvalue weighted by Crippen LogP contribution is -2.48. The Kier molecular flexibility index (Phi) is 4.62. The Bertz CT molecular complexity index is 2090. The average molecular weight is 544 g/mol. The van der Waals surface area contributed by atoms with Crippen LogP contribution in [-0.2, 0) is 5.41 Å². The van der Waals surface area contributed by atoms with Gasteiger partial charge in [-0.25, -0.2) is 4.98 Å². The Hall–Kier alpha value is -4.37. The zero-order chi connectivity index (χ0) is 27.4. The van der Waals surface area contributed by atoms with Crippen molar-refractivity contribution in [1.29, 1.82) is 0 Å². The van der Waals surface area contributed by atoms with E-state index in [9.17, 15) is 0 Å². The standard InChI is InChI=1S/C39H33N3/c1-4-10-34-32(9-1)33-15-13-28(39-21-25-17-26(22-39)19-27(18-25)23-39)20-37(33)41(34)29-14-16-38(40-24-29)42-35-11-5-2-7-30(35)31-8-3-6-12-36(31)42/h1-16,20,24-27H,17-19,21-23H2. The fourth-order valence-corrected chi connectivity index (χ4v) is 9.85. The zero-order valence-electron chi connectivity index (χ0n) is 23.7. The van der Waals surface area contributed by atoms with Gasteiger partial charge in [-0.05, 0) is 104 Å². The fraction of sp³-hybridized carbons (Fsp3) is 0.256. The van der Waals surface area contributed by atoms with Crippen molar-refractivity contribution < 1.29 is 0 Å². The molecule has 4 fully saturated rings. The van der Waals surface area contributed by atoms with Gasteiger partial charge in [-0.2, -0.15) is 0 Å². The fourth-order valence-electron chi connectivity index (χ4n) is 9.85. The Balaban J connectivity index is 1.15. The maximum absolute atomic E-state index is 5.11. The lowest BCUT2D eigenvalue weighted by atomic mass is 9.48. The Morgan fingerprint density at radius 3 is 1.60 bits per heavy atom. The predicted molar refractivity (Wildman–Crippen MR) is 173 cm³/mol. The van der Waals surface area contributed by atoms with E-state index in [1.165, 1.54) is 82.1 Å². The topological polar surface area (TPSA) is 22.8 Å². The van der Waals surface area contributed by atoms with E-state index in [0.717, 1.165) is 29.3 Å². The monoisotopic (exact) mass is 543 g/mol. The molecule has 4 saturated carbocycles. The number of aromatic nitrogens is 3. The van der Waals surface area contributed by atoms with Crippen molar-refractivity contribution in [1.82, 2.24) is 14.1 Å². The molecular formula is C39H33N3. The number of benzene rings is 4. The molecule has 3 heterocycles. The van der Waals surface area contributed by atoms with Crippen molar-refractivity contribution in [2.45, 2.75) is 43.9 Å². The summed E-state index contributed by atoms with van der Waals surface area (Å²) in [5.74, 6) is 3.77. The predicted octanol–water partition coefficient (Wildman–Crippen LogP) is 9.74. The van der Waals surface area contributed by atoms with E-state index < -0.39 is 0 Å². The largest absolute Gasteiger partial charge is 0.308 e. The SMILES string of the molecule is c1ccc2c(c1)c1ccc(C34CC5CC(CC(C5)C3)C4)cc1n2-c1ccc(-n2c3ccccc3c3ccccc32)nc1. The van der Waals surface area contributed by atoms with Crippen LogP contribution >= 0.6 is 0 Å². The molecule has 0 saturated heterocycles. The van der Waals surface area contributed by atoms with Crippen LogP contribution in [-0.4, -0.2) is 14.1 Å². The molecular weight excluding hydrogens is 510 g/mol. The van der Waals surface area contributed by atoms with E-state index in [0.29, 0.717) is 5.41 Å². The van der Waals surface area contributed by atoms with Crippen LogP contribution in [0.3, 0.4) is 0 Å². The third-order valence-electron chi connectivity index (χ3n) is 11.1. The van der Waals surface area contributed by atoms with Crippen LogP contribution in [0.5, 0.6) is 0 Å². The summed E-state index contributed by atoms with van der Waals surface area (Å²) in [6.45, 7) is 0. The molecule has 4 bridgehead atoms. The van der Waals surface area contributed by atoms with Crippen molar-refractivity contribution in [3.63, 3.8) is 0 Å². The van der Waals surface area contributed by atoms with Crippen LogP contribution in [0.2, 0.25) is 0 Å². The molecule has 0 amide bonds. The molecule has 4 aromatic carbocycles. The quantitative estimate of drug-likeness (QED) is 0.217. The first-order chi connectivity index (χ1) is 20.7. The van der Waals surface area contributed by atoms with Gasteiger partial charge in [0.2, 0.25) is 0 Å². The van der Waals surface area contributed by atoms with Crippen molar-refractivity contribution in [3.05, 3.63) is 115 Å². The second-order valence-corrected chi connectivity index (χ2v) is 13.5. The van der Waals surface area contributed by atoms with Crippen LogP contribution in [0.25, 0.3) is 55.1 Å². The smallest absolute Gasteiger partial charge is 0.137 e. The van der Waals surface area contributed by atoms with Gasteiger partial charge in [0.15, 0.2) is 0 Å². The molecule has 0 N–H and O–H groups in total. The lowest BCUT2D eigenvalue weighted by Gasteiger charge is -2.57. The van der Waals surface area contributed by atoms with Gasteiger partial charge in [-0.1, -0.05) is 66.7 Å². The molecule has 4 aliphatic rings. The van der Waals surface area contributed by atoms with Crippen LogP contribution in [0.1, 0.15) is 44.1 Å². The second-order valence-electron chi connectivity index (χ2n) is 13.5. The number of fused-ring (bicyclic) bond motifs is 6. The van der Waals surface area contributed by atoms with Crippen molar-refractivity contribution in [2.24, 2.45) is 17.8 Å². The minimum absolute atomic E-state index is 0.378. The van der Waals surface area contributed by atoms with Crippen molar-refractivity contribution >= 4 is 43.6 Å². The molecule has 42 heavy (non-hydrogen) atoms. The minimum Gasteiger partial charge on any atom is -0.308 e. The van der Waals surface area contributed by atoms with E-state index >= 15 is 0 Å². The summed E-state index contributed by atoms with van der Waals surface area (Å²) in [6, 6.07) is 38.1. The molecule has 4 aliphatic carbocycles. The Morgan fingerprint density at radius 1 is 0.524 bits per heavy atom. The maximum atomic E-state index is 5.11. The first-order valence-electron chi connectivity index (χ1n) is 15.7. The summed E-state index contributed by atoms with van der Waals surface area (Å²) < 4.78 is 4.75. The molecule has 0 atom stereocenters. The maximum Gasteiger partial charge on any atom is 0.137 e. The van der Waals surface area contributed by atoms with E-state index in [1.54, 1.807) is 5.56 Å². The van der Waals surface area contributed by atoms with E-state index in [4.69, 9.17) is 4.98 Å². The van der Waals surface area contributed by atoms with E-state index in [2.05, 4.69) is 118 Å². The van der Waals surface area contributed by atoms with Gasteiger partial charge in [0, 0.05) is 21.5 Å². The molecule has 7 aromatic rings. The molecule has 3 nitrogen and oxygen atoms in total. The third-order valence-corrected chi connectivity index (χ3v) is 11.1. The Morgan fingerprint density at radius 2 is 1.05 bits per heavy atom. The molecule has 204 valence electrons. The van der Waals surface area contributed by atoms with Crippen LogP contribution in [0.4, 0.5) is 0 Å². The summed E-state index contributed by atoms with van der Waals surface area (Å²) in [4.78, 5) is 5.11. The first-order valence-corrected chi connectivity index (χ1v) is 15.7. The number of para-hydroxylation sites is 3. The van der Waals surface area contributed by atoms with Gasteiger partial charge in [-0.3, -0.25) is 4.57 Å². The first kappa shape index (κ1) is 23.2. The van der Waals surface area contributed by atoms with Crippen LogP contribution < -0.4 is 0 Å². The van der Waals surface area contributed by atoms with E-state index in [1.807, 2.05) is 0 Å². The Labute approximate surface area is 245 Å². The van der Waals surface area contributed by atoms with Gasteiger partial charge in [-0.15, -0.1) is 0 Å². The molecule has 0 unspecified atom stereocenters. The summed E-state index contributed by atoms with van der Waals surface area (Å²) >= 11 is 0. The van der Waals surface area contributed by atoms with Gasteiger partial charge in [0.05, 0.1) is 34.0 Å². The zero-order valence-corrected chi connectivity index (χ0v) is 23.7. The number of nitrogens with zero attached hydrogens (tertiary/aromatic N) is 3. The van der Waals surface area contributed by atoms with Crippen molar-refractivity contribution in [3.8, 4) is 11.5 Å². The molecule has 3 aromatic heterocycles. The number of pyridine rings is 1. The van der Waals surface area contributed by atoms with Gasteiger partial charge in [0.25, 0.3) is 0 Å². The third kappa shape index (κ3) is 3.14. The molecule has 11 rings (SSSR count). The van der Waals surface area contributed by atoms with Crippen LogP contribution in [0.15, 0.2) is 109 Å². The molecule has 0 aliphatic heterocycles. The highest BCUT2D eigenvalue weighted by Crippen LogP contribution is 2.61. The summed E-state index contributed by atoms with van der Waals surface area (Å²) in [5, 5.41) is 5.18. The number of hydrogen-bond acceptors (Lipinski definition) is 1. The molecule has 0 radical (unpaired) electrons. The minimum atomic E-state index is 0.378. The van der Waals surface area contributed by atoms with Gasteiger partial charge in [0.1, 0.15) is 5.82 Å². The average Bonchev–Trinajstić information content (AvgIpc) is 3.53. The molecule has 0 spiro atoms. The van der Waals surface area contributed by atoms with Gasteiger partial charge < -0.3 is 4.57 Å². The summed E-state index contributed by atoms with van der Waals surface area (Å²) in [6.07, 6.45) is 10.7. The highest BCUT2D eigenvalue weighted by atomic mass is 15.1. The van der Waals surface area contributed by atoms with E-state index in [-0.39, 0.29) is 0 Å². The highest BCUT2D eigenvalue weighted by Gasteiger charge is 2.51. The van der Waals surface area contributed by atoms with Crippen LogP contribution in [0, 0.1) is 17.8 Å².